The van der Waals surface area contributed by atoms with Gasteiger partial charge in [0.2, 0.25) is 0 Å². The summed E-state index contributed by atoms with van der Waals surface area (Å²) in [4.78, 5) is 6.88. The maximum absolute atomic E-state index is 4.60. The van der Waals surface area contributed by atoms with Gasteiger partial charge in [-0.15, -0.1) is 32.1 Å². The van der Waals surface area contributed by atoms with E-state index in [0.717, 1.165) is 24.5 Å². The van der Waals surface area contributed by atoms with E-state index in [9.17, 15) is 0 Å². The second-order valence-corrected chi connectivity index (χ2v) is 17.4. The third-order valence-corrected chi connectivity index (χ3v) is 10.3. The minimum Gasteiger partial charge on any atom is -0.382 e. The zero-order valence-corrected chi connectivity index (χ0v) is 45.1. The van der Waals surface area contributed by atoms with Gasteiger partial charge in [-0.25, -0.2) is 4.98 Å². The molecule has 0 bridgehead atoms. The number of aryl methyl sites for hydroxylation is 2. The molecule has 4 rings (SSSR count). The standard InChI is InChI=1S/C34H45N.C14H24N2.C4H10.C4H6.C3H4.C2H6.C2H4/c1-6-7-8-9-10-11-12-13-16-28-23-24-32(33-18-15-14-17-31(28)33)29-19-21-30(22-20-29)34(25-26(2)3)35-27(4)5;1-6-7-10-16(14(3,4)5)13-11-12(2)8-9-15-13;2*1-3-4-2;1-3-2;2*1-2/h14-15,17-24,34-35H,2,4,6-13,16,25H2,1,3,5H3;8-9,11H,6-7,10H2,1-5H3;3-4H2,1-2H3;3-4H,1-2H2;1H,2H3;1-2H3;1-2H2. The van der Waals surface area contributed by atoms with E-state index < -0.39 is 0 Å². The summed E-state index contributed by atoms with van der Waals surface area (Å²) < 4.78 is 0. The quantitative estimate of drug-likeness (QED) is 0.0391. The highest BCUT2D eigenvalue weighted by molar-refractivity contribution is 5.98. The van der Waals surface area contributed by atoms with Crippen molar-refractivity contribution in [3.05, 3.63) is 159 Å². The highest BCUT2D eigenvalue weighted by Gasteiger charge is 2.22. The van der Waals surface area contributed by atoms with Gasteiger partial charge < -0.3 is 10.2 Å². The summed E-state index contributed by atoms with van der Waals surface area (Å²) in [6.07, 6.45) is 27.8. The van der Waals surface area contributed by atoms with Crippen LogP contribution in [0.1, 0.15) is 189 Å². The molecule has 0 fully saturated rings. The summed E-state index contributed by atoms with van der Waals surface area (Å²) >= 11 is 0. The third-order valence-electron chi connectivity index (χ3n) is 10.3. The number of terminal acetylenes is 1. The van der Waals surface area contributed by atoms with Gasteiger partial charge in [0.25, 0.3) is 0 Å². The van der Waals surface area contributed by atoms with Gasteiger partial charge in [-0.05, 0) is 125 Å². The molecule has 66 heavy (non-hydrogen) atoms. The van der Waals surface area contributed by atoms with E-state index in [1.807, 2.05) is 33.0 Å². The van der Waals surface area contributed by atoms with E-state index in [4.69, 9.17) is 0 Å². The van der Waals surface area contributed by atoms with Gasteiger partial charge in [0.05, 0.1) is 6.04 Å². The average Bonchev–Trinajstić information content (AvgIpc) is 3.31. The van der Waals surface area contributed by atoms with Crippen LogP contribution < -0.4 is 10.2 Å². The Kier molecular flexibility index (Phi) is 42.0. The van der Waals surface area contributed by atoms with Gasteiger partial charge in [-0.3, -0.25) is 0 Å². The number of rotatable bonds is 21. The molecular formula is C63H99N3. The summed E-state index contributed by atoms with van der Waals surface area (Å²) in [5, 5.41) is 6.27. The van der Waals surface area contributed by atoms with Gasteiger partial charge in [-0.2, -0.15) is 0 Å². The zero-order valence-electron chi connectivity index (χ0n) is 45.1. The lowest BCUT2D eigenvalue weighted by molar-refractivity contribution is 0.490. The molecule has 0 saturated carbocycles. The molecule has 1 heterocycles. The van der Waals surface area contributed by atoms with Crippen LogP contribution in [0.2, 0.25) is 0 Å². The van der Waals surface area contributed by atoms with Crippen LogP contribution in [0.15, 0.2) is 142 Å². The minimum absolute atomic E-state index is 0.135. The molecule has 1 aromatic heterocycles. The molecule has 3 heteroatoms. The van der Waals surface area contributed by atoms with Crippen LogP contribution >= 0.6 is 0 Å². The molecule has 1 unspecified atom stereocenters. The second-order valence-electron chi connectivity index (χ2n) is 17.4. The Morgan fingerprint density at radius 1 is 0.742 bits per heavy atom. The number of anilines is 1. The Morgan fingerprint density at radius 2 is 1.26 bits per heavy atom. The molecule has 0 amide bonds. The fourth-order valence-corrected chi connectivity index (χ4v) is 6.85. The first-order chi connectivity index (χ1) is 31.7. The van der Waals surface area contributed by atoms with Crippen molar-refractivity contribution in [1.82, 2.24) is 10.3 Å². The number of benzene rings is 3. The van der Waals surface area contributed by atoms with Crippen molar-refractivity contribution < 1.29 is 0 Å². The van der Waals surface area contributed by atoms with Crippen molar-refractivity contribution in [2.24, 2.45) is 0 Å². The van der Waals surface area contributed by atoms with Crippen molar-refractivity contribution in [2.45, 2.75) is 191 Å². The number of fused-ring (bicyclic) bond motifs is 1. The SMILES string of the molecule is C#CC.C=C.C=C(C)CC(NC(=C)C)c1ccc(-c2ccc(CCCCCCCCCC)c3ccccc23)cc1.C=CC=C.CC.CCCC.CCCCN(c1cc(C)ccn1)C(C)(C)C. The first kappa shape index (κ1) is 65.2. The highest BCUT2D eigenvalue weighted by Crippen LogP contribution is 2.33. The first-order valence-electron chi connectivity index (χ1n) is 25.2. The predicted octanol–water partition coefficient (Wildman–Crippen LogP) is 19.7. The Labute approximate surface area is 410 Å². The highest BCUT2D eigenvalue weighted by atomic mass is 15.2. The van der Waals surface area contributed by atoms with Gasteiger partial charge in [0.15, 0.2) is 0 Å². The van der Waals surface area contributed by atoms with E-state index in [1.165, 1.54) is 128 Å². The molecular weight excluding hydrogens is 799 g/mol. The molecule has 1 atom stereocenters. The van der Waals surface area contributed by atoms with Crippen molar-refractivity contribution in [3.8, 4) is 23.5 Å². The molecule has 0 radical (unpaired) electrons. The number of nitrogens with zero attached hydrogens (tertiary/aromatic N) is 2. The second kappa shape index (κ2) is 42.6. The first-order valence-corrected chi connectivity index (χ1v) is 25.2. The Bertz CT molecular complexity index is 1840. The predicted molar refractivity (Wildman–Crippen MR) is 305 cm³/mol. The summed E-state index contributed by atoms with van der Waals surface area (Å²) in [5.41, 5.74) is 8.91. The van der Waals surface area contributed by atoms with Crippen LogP contribution in [0, 0.1) is 19.3 Å². The smallest absolute Gasteiger partial charge is 0.129 e. The maximum Gasteiger partial charge on any atom is 0.129 e. The van der Waals surface area contributed by atoms with Crippen LogP contribution in [-0.4, -0.2) is 17.1 Å². The number of hydrogen-bond acceptors (Lipinski definition) is 3. The number of allylic oxidation sites excluding steroid dienone is 3. The normalized spacial score (nSPS) is 10.2. The van der Waals surface area contributed by atoms with E-state index in [-0.39, 0.29) is 11.6 Å². The van der Waals surface area contributed by atoms with Gasteiger partial charge in [0, 0.05) is 24.0 Å². The molecule has 3 nitrogen and oxygen atoms in total. The largest absolute Gasteiger partial charge is 0.382 e. The maximum atomic E-state index is 4.60. The number of hydrogen-bond donors (Lipinski definition) is 1. The molecule has 0 aliphatic carbocycles. The van der Waals surface area contributed by atoms with Gasteiger partial charge in [-0.1, -0.05) is 204 Å². The fourth-order valence-electron chi connectivity index (χ4n) is 6.85. The molecule has 0 saturated heterocycles. The van der Waals surface area contributed by atoms with Crippen molar-refractivity contribution in [2.75, 3.05) is 11.4 Å². The van der Waals surface area contributed by atoms with E-state index in [1.54, 1.807) is 19.1 Å². The molecule has 0 spiro atoms. The molecule has 1 N–H and O–H groups in total. The number of pyridine rings is 1. The lowest BCUT2D eigenvalue weighted by Gasteiger charge is -2.37. The van der Waals surface area contributed by atoms with Crippen LogP contribution in [0.4, 0.5) is 5.82 Å². The number of nitrogens with one attached hydrogen (secondary N) is 1. The fraction of sp³-hybridized carbons (Fsp3) is 0.476. The Balaban J connectivity index is -0.00000105. The summed E-state index contributed by atoms with van der Waals surface area (Å²) in [7, 11) is 0. The van der Waals surface area contributed by atoms with Crippen LogP contribution in [0.3, 0.4) is 0 Å². The van der Waals surface area contributed by atoms with Crippen molar-refractivity contribution >= 4 is 16.6 Å². The van der Waals surface area contributed by atoms with Crippen LogP contribution in [-0.2, 0) is 6.42 Å². The van der Waals surface area contributed by atoms with Gasteiger partial charge in [0.1, 0.15) is 5.82 Å². The van der Waals surface area contributed by atoms with E-state index >= 15 is 0 Å². The van der Waals surface area contributed by atoms with Crippen molar-refractivity contribution in [1.29, 1.82) is 0 Å². The van der Waals surface area contributed by atoms with Crippen LogP contribution in [0.25, 0.3) is 21.9 Å². The lowest BCUT2D eigenvalue weighted by Crippen LogP contribution is -2.42. The summed E-state index contributed by atoms with van der Waals surface area (Å²) in [6, 6.07) is 27.1. The topological polar surface area (TPSA) is 28.2 Å². The Hall–Kier alpha value is -5.07. The molecule has 366 valence electrons. The average molecular weight is 899 g/mol. The monoisotopic (exact) mass is 898 g/mol. The number of aromatic nitrogens is 1. The zero-order chi connectivity index (χ0) is 50.8. The number of unbranched alkanes of at least 4 members (excludes halogenated alkanes) is 9. The molecule has 0 aliphatic heterocycles. The molecule has 0 aliphatic rings. The summed E-state index contributed by atoms with van der Waals surface area (Å²) in [5.74, 6) is 3.35. The summed E-state index contributed by atoms with van der Waals surface area (Å²) in [6.45, 7) is 49.4. The molecule has 4 aromatic rings. The van der Waals surface area contributed by atoms with E-state index in [0.29, 0.717) is 0 Å². The van der Waals surface area contributed by atoms with Gasteiger partial charge >= 0.3 is 0 Å². The lowest BCUT2D eigenvalue weighted by atomic mass is 9.91. The van der Waals surface area contributed by atoms with Crippen molar-refractivity contribution in [3.63, 3.8) is 0 Å². The Morgan fingerprint density at radius 3 is 1.71 bits per heavy atom. The van der Waals surface area contributed by atoms with E-state index in [2.05, 4.69) is 196 Å². The van der Waals surface area contributed by atoms with Crippen LogP contribution in [0.5, 0.6) is 0 Å². The third kappa shape index (κ3) is 30.2. The molecule has 3 aromatic carbocycles. The minimum atomic E-state index is 0.135.